The summed E-state index contributed by atoms with van der Waals surface area (Å²) in [5.41, 5.74) is 5.86. The number of imide groups is 1. The number of carbonyl (C=O) groups excluding carboxylic acids is 2. The Morgan fingerprint density at radius 2 is 1.83 bits per heavy atom. The first-order chi connectivity index (χ1) is 20.3. The minimum atomic E-state index is -0.287. The van der Waals surface area contributed by atoms with Crippen LogP contribution in [-0.4, -0.2) is 58.6 Å². The van der Waals surface area contributed by atoms with Gasteiger partial charge in [0.2, 0.25) is 11.8 Å². The normalized spacial score (nSPS) is 27.1. The number of halogens is 1. The number of benzene rings is 2. The van der Waals surface area contributed by atoms with Gasteiger partial charge < -0.3 is 9.84 Å². The molecule has 222 valence electrons. The monoisotopic (exact) mass is 632 g/mol. The number of allylic oxidation sites excluding steroid dienone is 2. The standard InChI is InChI=1S/C35H41BrN2O4/c1-3-24-19-28-33(29-21-42-31(32(24)29)12-9-22(2)17-25-18-26(36)10-11-30(25)39)35(41)38(34(28)40)27-13-15-37(16-14-27)20-23-7-5-4-6-8-23/h4-8,10-11,17-18,27-29,31,33,39H,3,9,12-16,19-21H2,1-2H3/b22-17+/t28-,29+,31-,33-/m1/s1. The third-order valence-electron chi connectivity index (χ3n) is 9.83. The van der Waals surface area contributed by atoms with Gasteiger partial charge in [-0.3, -0.25) is 19.4 Å². The first-order valence-corrected chi connectivity index (χ1v) is 16.3. The number of aromatic hydroxyl groups is 1. The number of hydrogen-bond donors (Lipinski definition) is 1. The maximum absolute atomic E-state index is 14.0. The molecule has 0 radical (unpaired) electrons. The molecule has 3 aliphatic heterocycles. The Hall–Kier alpha value is -2.74. The first kappa shape index (κ1) is 29.3. The summed E-state index contributed by atoms with van der Waals surface area (Å²) in [6, 6.07) is 15.9. The fourth-order valence-electron chi connectivity index (χ4n) is 7.71. The lowest BCUT2D eigenvalue weighted by molar-refractivity contribution is -0.144. The number of rotatable bonds is 8. The average Bonchev–Trinajstić information content (AvgIpc) is 3.52. The molecule has 2 aromatic rings. The summed E-state index contributed by atoms with van der Waals surface area (Å²) in [5.74, 6) is -0.179. The van der Waals surface area contributed by atoms with Crippen LogP contribution in [0.2, 0.25) is 0 Å². The molecule has 3 fully saturated rings. The Balaban J connectivity index is 1.12. The van der Waals surface area contributed by atoms with Crippen molar-refractivity contribution in [2.45, 2.75) is 71.1 Å². The molecule has 4 aliphatic rings. The Morgan fingerprint density at radius 3 is 2.57 bits per heavy atom. The van der Waals surface area contributed by atoms with E-state index in [1.165, 1.54) is 22.3 Å². The van der Waals surface area contributed by atoms with Crippen LogP contribution in [0.3, 0.4) is 0 Å². The zero-order chi connectivity index (χ0) is 29.4. The molecule has 2 aromatic carbocycles. The molecule has 0 aromatic heterocycles. The highest BCUT2D eigenvalue weighted by Gasteiger charge is 2.58. The van der Waals surface area contributed by atoms with Gasteiger partial charge in [0.1, 0.15) is 5.75 Å². The number of phenolic OH excluding ortho intramolecular Hbond substituents is 1. The van der Waals surface area contributed by atoms with Crippen molar-refractivity contribution in [2.24, 2.45) is 17.8 Å². The van der Waals surface area contributed by atoms with Gasteiger partial charge in [-0.2, -0.15) is 0 Å². The summed E-state index contributed by atoms with van der Waals surface area (Å²) in [6.07, 6.45) is 6.91. The second-order valence-corrected chi connectivity index (χ2v) is 13.4. The highest BCUT2D eigenvalue weighted by Crippen LogP contribution is 2.51. The van der Waals surface area contributed by atoms with E-state index in [1.807, 2.05) is 24.3 Å². The van der Waals surface area contributed by atoms with Gasteiger partial charge in [-0.1, -0.05) is 70.4 Å². The number of piperidine rings is 1. The SMILES string of the molecule is CCC1=C2[C@@H](CC/C(C)=C/c3cc(Br)ccc3O)OC[C@@H]2[C@@H]2C(=O)N(C3CCN(Cc4ccccc4)CC3)C(=O)[C@@H]2C1. The Bertz CT molecular complexity index is 1390. The van der Waals surface area contributed by atoms with Crippen molar-refractivity contribution in [1.82, 2.24) is 9.80 Å². The summed E-state index contributed by atoms with van der Waals surface area (Å²) < 4.78 is 7.32. The number of carbonyl (C=O) groups is 2. The maximum atomic E-state index is 14.0. The highest BCUT2D eigenvalue weighted by molar-refractivity contribution is 9.10. The van der Waals surface area contributed by atoms with Crippen molar-refractivity contribution < 1.29 is 19.4 Å². The highest BCUT2D eigenvalue weighted by atomic mass is 79.9. The number of ether oxygens (including phenoxy) is 1. The molecule has 3 heterocycles. The van der Waals surface area contributed by atoms with Gasteiger partial charge in [-0.05, 0) is 74.8 Å². The molecule has 2 amide bonds. The van der Waals surface area contributed by atoms with E-state index in [0.29, 0.717) is 13.0 Å². The zero-order valence-electron chi connectivity index (χ0n) is 24.6. The minimum absolute atomic E-state index is 0.00160. The van der Waals surface area contributed by atoms with E-state index in [-0.39, 0.29) is 47.5 Å². The molecular weight excluding hydrogens is 592 g/mol. The second kappa shape index (κ2) is 12.5. The lowest BCUT2D eigenvalue weighted by Gasteiger charge is -2.36. The van der Waals surface area contributed by atoms with Crippen molar-refractivity contribution in [3.63, 3.8) is 0 Å². The van der Waals surface area contributed by atoms with E-state index in [9.17, 15) is 14.7 Å². The van der Waals surface area contributed by atoms with Crippen molar-refractivity contribution in [3.8, 4) is 5.75 Å². The van der Waals surface area contributed by atoms with Gasteiger partial charge in [0.15, 0.2) is 0 Å². The van der Waals surface area contributed by atoms with Crippen molar-refractivity contribution in [2.75, 3.05) is 19.7 Å². The van der Waals surface area contributed by atoms with Crippen LogP contribution in [0.5, 0.6) is 5.75 Å². The topological polar surface area (TPSA) is 70.1 Å². The number of hydrogen-bond acceptors (Lipinski definition) is 5. The number of nitrogens with zero attached hydrogens (tertiary/aromatic N) is 2. The summed E-state index contributed by atoms with van der Waals surface area (Å²) in [7, 11) is 0. The summed E-state index contributed by atoms with van der Waals surface area (Å²) in [6.45, 7) is 7.47. The molecule has 0 unspecified atom stereocenters. The van der Waals surface area contributed by atoms with Crippen LogP contribution in [0.1, 0.15) is 63.5 Å². The first-order valence-electron chi connectivity index (χ1n) is 15.5. The molecule has 7 heteroatoms. The molecule has 6 rings (SSSR count). The van der Waals surface area contributed by atoms with E-state index in [4.69, 9.17) is 4.74 Å². The zero-order valence-corrected chi connectivity index (χ0v) is 26.2. The summed E-state index contributed by atoms with van der Waals surface area (Å²) in [5, 5.41) is 10.2. The van der Waals surface area contributed by atoms with Gasteiger partial charge in [0.05, 0.1) is 24.5 Å². The van der Waals surface area contributed by atoms with Crippen LogP contribution >= 0.6 is 15.9 Å². The molecule has 1 aliphatic carbocycles. The van der Waals surface area contributed by atoms with Crippen LogP contribution < -0.4 is 0 Å². The van der Waals surface area contributed by atoms with Gasteiger partial charge >= 0.3 is 0 Å². The van der Waals surface area contributed by atoms with E-state index in [0.717, 1.165) is 61.8 Å². The van der Waals surface area contributed by atoms with Crippen LogP contribution in [0.4, 0.5) is 0 Å². The molecule has 42 heavy (non-hydrogen) atoms. The Kier molecular flexibility index (Phi) is 8.71. The number of phenols is 1. The third kappa shape index (κ3) is 5.76. The third-order valence-corrected chi connectivity index (χ3v) is 10.3. The second-order valence-electron chi connectivity index (χ2n) is 12.4. The maximum Gasteiger partial charge on any atom is 0.234 e. The quantitative estimate of drug-likeness (QED) is 0.258. The fraction of sp³-hybridized carbons (Fsp3) is 0.486. The van der Waals surface area contributed by atoms with Gasteiger partial charge in [0, 0.05) is 41.6 Å². The molecule has 4 atom stereocenters. The average molecular weight is 634 g/mol. The van der Waals surface area contributed by atoms with Crippen molar-refractivity contribution in [3.05, 3.63) is 80.8 Å². The van der Waals surface area contributed by atoms with E-state index in [2.05, 4.69) is 58.9 Å². The van der Waals surface area contributed by atoms with Gasteiger partial charge in [-0.25, -0.2) is 0 Å². The Morgan fingerprint density at radius 1 is 1.07 bits per heavy atom. The van der Waals surface area contributed by atoms with Crippen molar-refractivity contribution in [1.29, 1.82) is 0 Å². The largest absolute Gasteiger partial charge is 0.507 e. The fourth-order valence-corrected chi connectivity index (χ4v) is 8.09. The van der Waals surface area contributed by atoms with Crippen LogP contribution in [0, 0.1) is 17.8 Å². The molecule has 0 spiro atoms. The number of likely N-dealkylation sites (tertiary alicyclic amines) is 2. The number of fused-ring (bicyclic) bond motifs is 3. The lowest BCUT2D eigenvalue weighted by Crippen LogP contribution is -2.47. The predicted molar refractivity (Wildman–Crippen MR) is 167 cm³/mol. The van der Waals surface area contributed by atoms with E-state index < -0.39 is 0 Å². The van der Waals surface area contributed by atoms with Gasteiger partial charge in [-0.15, -0.1) is 0 Å². The molecule has 6 nitrogen and oxygen atoms in total. The lowest BCUT2D eigenvalue weighted by atomic mass is 9.69. The predicted octanol–water partition coefficient (Wildman–Crippen LogP) is 6.73. The van der Waals surface area contributed by atoms with E-state index >= 15 is 0 Å². The van der Waals surface area contributed by atoms with Gasteiger partial charge in [0.25, 0.3) is 0 Å². The summed E-state index contributed by atoms with van der Waals surface area (Å²) >= 11 is 3.48. The summed E-state index contributed by atoms with van der Waals surface area (Å²) in [4.78, 5) is 31.9. The van der Waals surface area contributed by atoms with E-state index in [1.54, 1.807) is 11.0 Å². The minimum Gasteiger partial charge on any atom is -0.507 e. The molecule has 0 saturated carbocycles. The smallest absolute Gasteiger partial charge is 0.234 e. The molecule has 1 N–H and O–H groups in total. The van der Waals surface area contributed by atoms with Crippen LogP contribution in [0.15, 0.2) is 69.7 Å². The van der Waals surface area contributed by atoms with Crippen LogP contribution in [-0.2, 0) is 20.9 Å². The van der Waals surface area contributed by atoms with Crippen LogP contribution in [0.25, 0.3) is 6.08 Å². The Labute approximate surface area is 257 Å². The number of amides is 2. The van der Waals surface area contributed by atoms with Crippen molar-refractivity contribution >= 4 is 33.8 Å². The molecular formula is C35H41BrN2O4. The molecule has 0 bridgehead atoms. The molecule has 3 saturated heterocycles.